The molecule has 0 aromatic heterocycles. The predicted octanol–water partition coefficient (Wildman–Crippen LogP) is 1.93. The smallest absolute Gasteiger partial charge is 0.188 e. The van der Waals surface area contributed by atoms with E-state index < -0.39 is 0 Å². The molecule has 0 fully saturated rings. The highest BCUT2D eigenvalue weighted by Gasteiger charge is 2.09. The second kappa shape index (κ2) is 5.54. The van der Waals surface area contributed by atoms with Gasteiger partial charge in [0.15, 0.2) is 5.96 Å². The van der Waals surface area contributed by atoms with Gasteiger partial charge in [-0.05, 0) is 32.8 Å². The third kappa shape index (κ3) is 5.39. The summed E-state index contributed by atoms with van der Waals surface area (Å²) in [5.74, 6) is 0.517. The maximum atomic E-state index is 5.76. The average Bonchev–Trinajstić information content (AvgIpc) is 2.16. The molecule has 3 heteroatoms. The Morgan fingerprint density at radius 3 is 2.44 bits per heavy atom. The number of hydrogen-bond acceptors (Lipinski definition) is 1. The summed E-state index contributed by atoms with van der Waals surface area (Å²) in [6, 6.07) is 10.3. The van der Waals surface area contributed by atoms with Crippen molar-refractivity contribution >= 4 is 5.96 Å². The predicted molar refractivity (Wildman–Crippen MR) is 69.5 cm³/mol. The van der Waals surface area contributed by atoms with Crippen molar-refractivity contribution in [3.63, 3.8) is 0 Å². The Morgan fingerprint density at radius 2 is 1.88 bits per heavy atom. The van der Waals surface area contributed by atoms with Crippen LogP contribution in [0.3, 0.4) is 0 Å². The standard InChI is InChI=1S/C13H21N3/c1-13(2,3)16-12(14)15-10-9-11-7-5-4-6-8-11/h4-8H,9-10H2,1-3H3,(H3,14,15,16). The van der Waals surface area contributed by atoms with Gasteiger partial charge in [0, 0.05) is 12.1 Å². The Hall–Kier alpha value is -1.51. The molecule has 0 atom stereocenters. The van der Waals surface area contributed by atoms with E-state index in [0.717, 1.165) is 13.0 Å². The van der Waals surface area contributed by atoms with Crippen molar-refractivity contribution in [2.24, 2.45) is 10.7 Å². The quantitative estimate of drug-likeness (QED) is 0.603. The number of nitrogens with zero attached hydrogens (tertiary/aromatic N) is 1. The van der Waals surface area contributed by atoms with E-state index in [1.165, 1.54) is 5.56 Å². The fourth-order valence-corrected chi connectivity index (χ4v) is 1.37. The Kier molecular flexibility index (Phi) is 4.35. The van der Waals surface area contributed by atoms with Gasteiger partial charge in [-0.15, -0.1) is 0 Å². The lowest BCUT2D eigenvalue weighted by atomic mass is 10.1. The molecular formula is C13H21N3. The van der Waals surface area contributed by atoms with Crippen molar-refractivity contribution in [2.45, 2.75) is 32.7 Å². The van der Waals surface area contributed by atoms with E-state index in [1.54, 1.807) is 0 Å². The Bertz CT molecular complexity index is 336. The summed E-state index contributed by atoms with van der Waals surface area (Å²) < 4.78 is 0. The van der Waals surface area contributed by atoms with Crippen molar-refractivity contribution in [2.75, 3.05) is 6.54 Å². The van der Waals surface area contributed by atoms with E-state index >= 15 is 0 Å². The van der Waals surface area contributed by atoms with E-state index in [1.807, 2.05) is 18.2 Å². The Balaban J connectivity index is 2.37. The SMILES string of the molecule is CC(C)(C)NC(N)=NCCc1ccccc1. The van der Waals surface area contributed by atoms with Crippen LogP contribution in [-0.4, -0.2) is 18.0 Å². The van der Waals surface area contributed by atoms with Crippen molar-refractivity contribution in [1.29, 1.82) is 0 Å². The highest BCUT2D eigenvalue weighted by Crippen LogP contribution is 2.00. The first kappa shape index (κ1) is 12.6. The summed E-state index contributed by atoms with van der Waals surface area (Å²) in [5, 5.41) is 3.13. The second-order valence-electron chi connectivity index (χ2n) is 4.88. The van der Waals surface area contributed by atoms with Crippen LogP contribution in [0.25, 0.3) is 0 Å². The molecular weight excluding hydrogens is 198 g/mol. The highest BCUT2D eigenvalue weighted by molar-refractivity contribution is 5.78. The zero-order valence-corrected chi connectivity index (χ0v) is 10.3. The van der Waals surface area contributed by atoms with Crippen LogP contribution in [-0.2, 0) is 6.42 Å². The van der Waals surface area contributed by atoms with Gasteiger partial charge in [-0.1, -0.05) is 30.3 Å². The number of guanidine groups is 1. The summed E-state index contributed by atoms with van der Waals surface area (Å²) in [7, 11) is 0. The van der Waals surface area contributed by atoms with Gasteiger partial charge < -0.3 is 11.1 Å². The summed E-state index contributed by atoms with van der Waals surface area (Å²) >= 11 is 0. The number of aliphatic imine (C=N–C) groups is 1. The number of benzene rings is 1. The molecule has 0 aliphatic heterocycles. The summed E-state index contributed by atoms with van der Waals surface area (Å²) in [6.45, 7) is 6.91. The zero-order chi connectivity index (χ0) is 12.0. The van der Waals surface area contributed by atoms with E-state index in [4.69, 9.17) is 5.73 Å². The molecule has 0 heterocycles. The third-order valence-corrected chi connectivity index (χ3v) is 2.03. The van der Waals surface area contributed by atoms with Crippen LogP contribution in [0.5, 0.6) is 0 Å². The second-order valence-corrected chi connectivity index (χ2v) is 4.88. The first-order valence-corrected chi connectivity index (χ1v) is 5.59. The Morgan fingerprint density at radius 1 is 1.25 bits per heavy atom. The van der Waals surface area contributed by atoms with Gasteiger partial charge in [-0.3, -0.25) is 4.99 Å². The maximum Gasteiger partial charge on any atom is 0.188 e. The highest BCUT2D eigenvalue weighted by atomic mass is 15.1. The van der Waals surface area contributed by atoms with Gasteiger partial charge >= 0.3 is 0 Å². The summed E-state index contributed by atoms with van der Waals surface area (Å²) in [4.78, 5) is 4.29. The topological polar surface area (TPSA) is 50.4 Å². The molecule has 16 heavy (non-hydrogen) atoms. The Labute approximate surface area is 97.8 Å². The van der Waals surface area contributed by atoms with Crippen LogP contribution in [0.4, 0.5) is 0 Å². The molecule has 0 saturated carbocycles. The minimum atomic E-state index is -0.0275. The van der Waals surface area contributed by atoms with E-state index in [-0.39, 0.29) is 5.54 Å². The summed E-state index contributed by atoms with van der Waals surface area (Å²) in [5.41, 5.74) is 7.02. The number of rotatable bonds is 3. The van der Waals surface area contributed by atoms with Gasteiger partial charge in [0.05, 0.1) is 0 Å². The molecule has 0 bridgehead atoms. The molecule has 0 spiro atoms. The van der Waals surface area contributed by atoms with E-state index in [9.17, 15) is 0 Å². The number of nitrogens with one attached hydrogen (secondary N) is 1. The molecule has 1 aromatic rings. The molecule has 0 radical (unpaired) electrons. The van der Waals surface area contributed by atoms with Gasteiger partial charge in [-0.2, -0.15) is 0 Å². The molecule has 0 unspecified atom stereocenters. The van der Waals surface area contributed by atoms with Crippen LogP contribution in [0.15, 0.2) is 35.3 Å². The van der Waals surface area contributed by atoms with Crippen molar-refractivity contribution in [3.05, 3.63) is 35.9 Å². The van der Waals surface area contributed by atoms with Gasteiger partial charge in [-0.25, -0.2) is 0 Å². The third-order valence-electron chi connectivity index (χ3n) is 2.03. The molecule has 3 nitrogen and oxygen atoms in total. The molecule has 0 aliphatic carbocycles. The van der Waals surface area contributed by atoms with Gasteiger partial charge in [0.2, 0.25) is 0 Å². The molecule has 88 valence electrons. The van der Waals surface area contributed by atoms with Crippen LogP contribution < -0.4 is 11.1 Å². The maximum absolute atomic E-state index is 5.76. The first-order valence-electron chi connectivity index (χ1n) is 5.59. The van der Waals surface area contributed by atoms with Crippen LogP contribution in [0.2, 0.25) is 0 Å². The van der Waals surface area contributed by atoms with Crippen molar-refractivity contribution in [1.82, 2.24) is 5.32 Å². The lowest BCUT2D eigenvalue weighted by molar-refractivity contribution is 0.508. The normalized spacial score (nSPS) is 12.6. The monoisotopic (exact) mass is 219 g/mol. The minimum Gasteiger partial charge on any atom is -0.370 e. The molecule has 0 amide bonds. The number of hydrogen-bond donors (Lipinski definition) is 2. The number of nitrogens with two attached hydrogens (primary N) is 1. The largest absolute Gasteiger partial charge is 0.370 e. The van der Waals surface area contributed by atoms with Crippen LogP contribution in [0.1, 0.15) is 26.3 Å². The van der Waals surface area contributed by atoms with Gasteiger partial charge in [0.1, 0.15) is 0 Å². The lowest BCUT2D eigenvalue weighted by Crippen LogP contribution is -2.45. The fourth-order valence-electron chi connectivity index (χ4n) is 1.37. The van der Waals surface area contributed by atoms with Crippen LogP contribution in [0, 0.1) is 0 Å². The van der Waals surface area contributed by atoms with Crippen molar-refractivity contribution < 1.29 is 0 Å². The molecule has 1 aromatic carbocycles. The molecule has 0 aliphatic rings. The lowest BCUT2D eigenvalue weighted by Gasteiger charge is -2.20. The molecule has 1 rings (SSSR count). The van der Waals surface area contributed by atoms with Crippen LogP contribution >= 0.6 is 0 Å². The zero-order valence-electron chi connectivity index (χ0n) is 10.3. The van der Waals surface area contributed by atoms with E-state index in [2.05, 4.69) is 43.2 Å². The molecule has 3 N–H and O–H groups in total. The summed E-state index contributed by atoms with van der Waals surface area (Å²) in [6.07, 6.45) is 0.924. The van der Waals surface area contributed by atoms with E-state index in [0.29, 0.717) is 5.96 Å². The average molecular weight is 219 g/mol. The molecule has 0 saturated heterocycles. The fraction of sp³-hybridized carbons (Fsp3) is 0.462. The minimum absolute atomic E-state index is 0.0275. The first-order chi connectivity index (χ1) is 7.47. The van der Waals surface area contributed by atoms with Crippen molar-refractivity contribution in [3.8, 4) is 0 Å². The van der Waals surface area contributed by atoms with Gasteiger partial charge in [0.25, 0.3) is 0 Å².